The summed E-state index contributed by atoms with van der Waals surface area (Å²) in [6.07, 6.45) is 0. The van der Waals surface area contributed by atoms with Gasteiger partial charge in [0.05, 0.1) is 12.3 Å². The summed E-state index contributed by atoms with van der Waals surface area (Å²) in [5, 5.41) is 6.92. The Balaban J connectivity index is 1.95. The molecule has 110 valence electrons. The van der Waals surface area contributed by atoms with E-state index in [1.54, 1.807) is 0 Å². The molecule has 0 atom stereocenters. The van der Waals surface area contributed by atoms with Crippen molar-refractivity contribution < 1.29 is 4.74 Å². The molecule has 0 saturated heterocycles. The molecule has 0 aromatic heterocycles. The lowest BCUT2D eigenvalue weighted by Gasteiger charge is -2.14. The molecule has 2 aromatic carbocycles. The maximum atomic E-state index is 5.56. The molecule has 0 aliphatic carbocycles. The maximum Gasteiger partial charge on any atom is 0.171 e. The average molecular weight is 365 g/mol. The van der Waals surface area contributed by atoms with E-state index in [1.165, 1.54) is 0 Å². The number of para-hydroxylation sites is 2. The first-order valence-corrected chi connectivity index (χ1v) is 7.91. The molecule has 0 aliphatic rings. The minimum absolute atomic E-state index is 0.568. The third-order valence-corrected chi connectivity index (χ3v) is 3.85. The minimum atomic E-state index is 0.568. The summed E-state index contributed by atoms with van der Waals surface area (Å²) < 4.78 is 6.63. The number of hydrogen-bond donors (Lipinski definition) is 2. The van der Waals surface area contributed by atoms with E-state index < -0.39 is 0 Å². The zero-order valence-corrected chi connectivity index (χ0v) is 14.1. The molecule has 5 heteroatoms. The maximum absolute atomic E-state index is 5.56. The molecule has 2 aromatic rings. The number of thiocarbonyl (C=S) groups is 1. The topological polar surface area (TPSA) is 33.3 Å². The highest BCUT2D eigenvalue weighted by atomic mass is 79.9. The van der Waals surface area contributed by atoms with E-state index in [2.05, 4.69) is 26.6 Å². The van der Waals surface area contributed by atoms with Gasteiger partial charge in [-0.05, 0) is 42.9 Å². The van der Waals surface area contributed by atoms with E-state index in [0.717, 1.165) is 21.5 Å². The molecule has 0 unspecified atom stereocenters. The lowest BCUT2D eigenvalue weighted by molar-refractivity contribution is 0.342. The Hall–Kier alpha value is -1.59. The van der Waals surface area contributed by atoms with Gasteiger partial charge in [0, 0.05) is 11.0 Å². The van der Waals surface area contributed by atoms with Crippen LogP contribution in [0.1, 0.15) is 12.5 Å². The van der Waals surface area contributed by atoms with Crippen molar-refractivity contribution in [3.05, 3.63) is 58.6 Å². The summed E-state index contributed by atoms with van der Waals surface area (Å²) in [7, 11) is 0. The van der Waals surface area contributed by atoms with E-state index in [0.29, 0.717) is 18.3 Å². The monoisotopic (exact) mass is 364 g/mol. The van der Waals surface area contributed by atoms with E-state index in [-0.39, 0.29) is 0 Å². The van der Waals surface area contributed by atoms with Gasteiger partial charge in [-0.3, -0.25) is 0 Å². The van der Waals surface area contributed by atoms with Crippen LogP contribution in [0.3, 0.4) is 0 Å². The van der Waals surface area contributed by atoms with Crippen LogP contribution in [0.2, 0.25) is 0 Å². The van der Waals surface area contributed by atoms with Gasteiger partial charge < -0.3 is 15.4 Å². The number of ether oxygens (including phenoxy) is 1. The second-order valence-corrected chi connectivity index (χ2v) is 5.59. The summed E-state index contributed by atoms with van der Waals surface area (Å²) in [5.41, 5.74) is 2.02. The zero-order valence-electron chi connectivity index (χ0n) is 11.7. The van der Waals surface area contributed by atoms with Crippen LogP contribution in [0.4, 0.5) is 5.69 Å². The van der Waals surface area contributed by atoms with E-state index in [1.807, 2.05) is 55.5 Å². The number of benzene rings is 2. The molecule has 0 radical (unpaired) electrons. The van der Waals surface area contributed by atoms with Crippen molar-refractivity contribution in [2.24, 2.45) is 0 Å². The predicted octanol–water partition coefficient (Wildman–Crippen LogP) is 4.33. The third-order valence-electron chi connectivity index (χ3n) is 2.83. The molecule has 0 heterocycles. The summed E-state index contributed by atoms with van der Waals surface area (Å²) >= 11 is 8.85. The van der Waals surface area contributed by atoms with Crippen molar-refractivity contribution in [1.82, 2.24) is 5.32 Å². The summed E-state index contributed by atoms with van der Waals surface area (Å²) in [5.74, 6) is 0.796. The molecule has 0 saturated carbocycles. The first-order valence-electron chi connectivity index (χ1n) is 6.70. The molecular formula is C16H17BrN2OS. The van der Waals surface area contributed by atoms with Crippen LogP contribution in [0.15, 0.2) is 53.0 Å². The van der Waals surface area contributed by atoms with Gasteiger partial charge >= 0.3 is 0 Å². The van der Waals surface area contributed by atoms with E-state index in [4.69, 9.17) is 17.0 Å². The van der Waals surface area contributed by atoms with Crippen LogP contribution in [0, 0.1) is 0 Å². The molecule has 0 amide bonds. The van der Waals surface area contributed by atoms with Gasteiger partial charge in [0.25, 0.3) is 0 Å². The molecule has 0 fully saturated rings. The van der Waals surface area contributed by atoms with Crippen molar-refractivity contribution in [3.8, 4) is 5.75 Å². The highest BCUT2D eigenvalue weighted by Gasteiger charge is 2.05. The van der Waals surface area contributed by atoms with Crippen molar-refractivity contribution >= 4 is 38.9 Å². The van der Waals surface area contributed by atoms with Crippen LogP contribution in [-0.4, -0.2) is 11.7 Å². The fourth-order valence-corrected chi connectivity index (χ4v) is 2.44. The Labute approximate surface area is 138 Å². The van der Waals surface area contributed by atoms with Crippen LogP contribution in [0.5, 0.6) is 5.75 Å². The largest absolute Gasteiger partial charge is 0.492 e. The number of rotatable bonds is 5. The van der Waals surface area contributed by atoms with Crippen LogP contribution < -0.4 is 15.4 Å². The van der Waals surface area contributed by atoms with E-state index in [9.17, 15) is 0 Å². The van der Waals surface area contributed by atoms with Gasteiger partial charge in [-0.25, -0.2) is 0 Å². The fraction of sp³-hybridized carbons (Fsp3) is 0.188. The van der Waals surface area contributed by atoms with Gasteiger partial charge in [0.2, 0.25) is 0 Å². The van der Waals surface area contributed by atoms with Gasteiger partial charge in [-0.15, -0.1) is 0 Å². The molecular weight excluding hydrogens is 348 g/mol. The van der Waals surface area contributed by atoms with Crippen molar-refractivity contribution in [2.45, 2.75) is 13.5 Å². The summed E-state index contributed by atoms with van der Waals surface area (Å²) in [6, 6.07) is 15.8. The Morgan fingerprint density at radius 2 is 1.86 bits per heavy atom. The second kappa shape index (κ2) is 8.00. The lowest BCUT2D eigenvalue weighted by atomic mass is 10.2. The third kappa shape index (κ3) is 4.72. The highest BCUT2D eigenvalue weighted by molar-refractivity contribution is 9.10. The molecule has 0 spiro atoms. The van der Waals surface area contributed by atoms with E-state index >= 15 is 0 Å². The van der Waals surface area contributed by atoms with Gasteiger partial charge in [0.15, 0.2) is 5.11 Å². The Morgan fingerprint density at radius 1 is 1.14 bits per heavy atom. The summed E-state index contributed by atoms with van der Waals surface area (Å²) in [4.78, 5) is 0. The Morgan fingerprint density at radius 3 is 2.62 bits per heavy atom. The first-order chi connectivity index (χ1) is 10.2. The number of hydrogen-bond acceptors (Lipinski definition) is 2. The standard InChI is InChI=1S/C16H17BrN2OS/c1-2-20-15-10-6-5-9-14(15)19-16(21)18-11-12-7-3-4-8-13(12)17/h3-10H,2,11H2,1H3,(H2,18,19,21). The highest BCUT2D eigenvalue weighted by Crippen LogP contribution is 2.23. The van der Waals surface area contributed by atoms with Crippen LogP contribution in [-0.2, 0) is 6.54 Å². The van der Waals surface area contributed by atoms with Crippen LogP contribution >= 0.6 is 28.1 Å². The minimum Gasteiger partial charge on any atom is -0.492 e. The normalized spacial score (nSPS) is 10.0. The van der Waals surface area contributed by atoms with Gasteiger partial charge in [-0.1, -0.05) is 46.3 Å². The van der Waals surface area contributed by atoms with Crippen LogP contribution in [0.25, 0.3) is 0 Å². The molecule has 0 bridgehead atoms. The van der Waals surface area contributed by atoms with Crippen molar-refractivity contribution in [1.29, 1.82) is 0 Å². The summed E-state index contributed by atoms with van der Waals surface area (Å²) in [6.45, 7) is 3.24. The second-order valence-electron chi connectivity index (χ2n) is 4.33. The molecule has 3 nitrogen and oxygen atoms in total. The lowest BCUT2D eigenvalue weighted by Crippen LogP contribution is -2.28. The fourth-order valence-electron chi connectivity index (χ4n) is 1.84. The number of nitrogens with one attached hydrogen (secondary N) is 2. The molecule has 0 aliphatic heterocycles. The molecule has 2 rings (SSSR count). The molecule has 21 heavy (non-hydrogen) atoms. The first kappa shape index (κ1) is 15.8. The number of halogens is 1. The van der Waals surface area contributed by atoms with Gasteiger partial charge in [-0.2, -0.15) is 0 Å². The Kier molecular flexibility index (Phi) is 6.02. The average Bonchev–Trinajstić information content (AvgIpc) is 2.49. The Bertz CT molecular complexity index is 619. The van der Waals surface area contributed by atoms with Gasteiger partial charge in [0.1, 0.15) is 5.75 Å². The molecule has 2 N–H and O–H groups in total. The number of anilines is 1. The van der Waals surface area contributed by atoms with Crippen molar-refractivity contribution in [3.63, 3.8) is 0 Å². The zero-order chi connectivity index (χ0) is 15.1. The smallest absolute Gasteiger partial charge is 0.171 e. The van der Waals surface area contributed by atoms with Crippen molar-refractivity contribution in [2.75, 3.05) is 11.9 Å². The predicted molar refractivity (Wildman–Crippen MR) is 94.8 cm³/mol. The SMILES string of the molecule is CCOc1ccccc1NC(=S)NCc1ccccc1Br. The quantitative estimate of drug-likeness (QED) is 0.773.